The van der Waals surface area contributed by atoms with E-state index in [9.17, 15) is 4.79 Å². The maximum atomic E-state index is 12.0. The van der Waals surface area contributed by atoms with Crippen LogP contribution in [0, 0.1) is 6.92 Å². The Balaban J connectivity index is 1.53. The summed E-state index contributed by atoms with van der Waals surface area (Å²) in [5, 5.41) is 2.40. The van der Waals surface area contributed by atoms with E-state index in [1.807, 2.05) is 67.8 Å². The Hall–Kier alpha value is -2.64. The molecule has 0 aliphatic rings. The Kier molecular flexibility index (Phi) is 8.04. The number of rotatable bonds is 10. The number of oxazole rings is 1. The highest BCUT2D eigenvalue weighted by atomic mass is 32.2. The van der Waals surface area contributed by atoms with Crippen molar-refractivity contribution in [1.29, 1.82) is 0 Å². The average molecular weight is 441 g/mol. The van der Waals surface area contributed by atoms with Gasteiger partial charge in [-0.3, -0.25) is 4.79 Å². The first kappa shape index (κ1) is 22.1. The fourth-order valence-electron chi connectivity index (χ4n) is 3.00. The van der Waals surface area contributed by atoms with E-state index in [-0.39, 0.29) is 11.2 Å². The second-order valence-corrected chi connectivity index (χ2v) is 7.96. The molecule has 5 nitrogen and oxygen atoms in total. The minimum Gasteiger partial charge on any atom is -0.493 e. The molecule has 1 atom stereocenters. The van der Waals surface area contributed by atoms with E-state index in [2.05, 4.69) is 10.3 Å². The Morgan fingerprint density at radius 3 is 2.63 bits per heavy atom. The second-order valence-electron chi connectivity index (χ2n) is 6.69. The maximum absolute atomic E-state index is 12.0. The molecule has 0 saturated carbocycles. The Bertz CT molecular complexity index is 972. The van der Waals surface area contributed by atoms with Crippen molar-refractivity contribution in [1.82, 2.24) is 10.3 Å². The Morgan fingerprint density at radius 2 is 1.97 bits per heavy atom. The number of ether oxygens (including phenoxy) is 1. The van der Waals surface area contributed by atoms with Crippen LogP contribution in [0.1, 0.15) is 17.0 Å². The van der Waals surface area contributed by atoms with E-state index >= 15 is 0 Å². The van der Waals surface area contributed by atoms with Gasteiger partial charge in [0.2, 0.25) is 11.8 Å². The lowest BCUT2D eigenvalue weighted by Crippen LogP contribution is -2.32. The first-order valence-electron chi connectivity index (χ1n) is 9.61. The quantitative estimate of drug-likeness (QED) is 0.464. The van der Waals surface area contributed by atoms with Crippen molar-refractivity contribution < 1.29 is 13.9 Å². The molecule has 0 bridgehead atoms. The van der Waals surface area contributed by atoms with Crippen LogP contribution in [0.4, 0.5) is 0 Å². The molecule has 1 aromatic heterocycles. The van der Waals surface area contributed by atoms with Crippen molar-refractivity contribution in [2.75, 3.05) is 12.9 Å². The zero-order valence-corrected chi connectivity index (χ0v) is 18.6. The molecule has 3 rings (SSSR count). The highest BCUT2D eigenvalue weighted by Crippen LogP contribution is 2.22. The van der Waals surface area contributed by atoms with Crippen LogP contribution in [0.15, 0.2) is 59.0 Å². The Labute approximate surface area is 186 Å². The van der Waals surface area contributed by atoms with Gasteiger partial charge in [0.25, 0.3) is 0 Å². The average Bonchev–Trinajstić information content (AvgIpc) is 3.14. The fourth-order valence-corrected chi connectivity index (χ4v) is 3.76. The molecule has 2 aromatic carbocycles. The smallest absolute Gasteiger partial charge is 0.237 e. The van der Waals surface area contributed by atoms with Gasteiger partial charge >= 0.3 is 0 Å². The van der Waals surface area contributed by atoms with Gasteiger partial charge in [-0.15, -0.1) is 0 Å². The standard InChI is InChI=1S/C23H24N2O3S2/c1-16-20(25-23(28-16)18-6-4-3-5-7-18)12-13-27-19-10-8-17(9-11-19)14-21(30-2)22(26)24-15-29/h3-11,15,21H,12-14H2,1-2H3,(H,24,26,29). The monoisotopic (exact) mass is 440 g/mol. The summed E-state index contributed by atoms with van der Waals surface area (Å²) < 4.78 is 11.7. The van der Waals surface area contributed by atoms with Gasteiger partial charge in [-0.25, -0.2) is 4.98 Å². The summed E-state index contributed by atoms with van der Waals surface area (Å²) in [6, 6.07) is 17.7. The van der Waals surface area contributed by atoms with Gasteiger partial charge in [-0.2, -0.15) is 11.8 Å². The predicted molar refractivity (Wildman–Crippen MR) is 125 cm³/mol. The SMILES string of the molecule is CSC(Cc1ccc(OCCc2nc(-c3ccccc3)oc2C)cc1)C(=O)NC=S. The second kappa shape index (κ2) is 10.9. The van der Waals surface area contributed by atoms with Gasteiger partial charge in [-0.1, -0.05) is 42.5 Å². The lowest BCUT2D eigenvalue weighted by atomic mass is 10.1. The van der Waals surface area contributed by atoms with Crippen LogP contribution in [0.5, 0.6) is 5.75 Å². The first-order valence-corrected chi connectivity index (χ1v) is 11.4. The number of hydrogen-bond donors (Lipinski definition) is 1. The topological polar surface area (TPSA) is 64.4 Å². The normalized spacial score (nSPS) is 11.7. The summed E-state index contributed by atoms with van der Waals surface area (Å²) in [6.07, 6.45) is 3.22. The molecular formula is C23H24N2O3S2. The lowest BCUT2D eigenvalue weighted by Gasteiger charge is -2.13. The van der Waals surface area contributed by atoms with Crippen LogP contribution >= 0.6 is 24.0 Å². The number of hydrogen-bond acceptors (Lipinski definition) is 6. The van der Waals surface area contributed by atoms with Gasteiger partial charge in [0, 0.05) is 12.0 Å². The van der Waals surface area contributed by atoms with Crippen molar-refractivity contribution in [3.63, 3.8) is 0 Å². The highest BCUT2D eigenvalue weighted by Gasteiger charge is 2.17. The van der Waals surface area contributed by atoms with Crippen molar-refractivity contribution in [2.45, 2.75) is 25.0 Å². The summed E-state index contributed by atoms with van der Waals surface area (Å²) in [5.41, 5.74) is 4.19. The van der Waals surface area contributed by atoms with Crippen molar-refractivity contribution >= 4 is 35.4 Å². The number of thiocarbonyl (C=S) groups is 1. The molecule has 7 heteroatoms. The van der Waals surface area contributed by atoms with Crippen LogP contribution in [-0.4, -0.2) is 34.5 Å². The van der Waals surface area contributed by atoms with Crippen LogP contribution in [0.2, 0.25) is 0 Å². The van der Waals surface area contributed by atoms with Gasteiger partial charge in [0.1, 0.15) is 11.5 Å². The molecule has 1 amide bonds. The molecule has 0 aliphatic heterocycles. The zero-order valence-electron chi connectivity index (χ0n) is 17.0. The molecular weight excluding hydrogens is 416 g/mol. The van der Waals surface area contributed by atoms with Crippen molar-refractivity contribution in [3.8, 4) is 17.2 Å². The first-order chi connectivity index (χ1) is 14.6. The number of aromatic nitrogens is 1. The number of benzene rings is 2. The summed E-state index contributed by atoms with van der Waals surface area (Å²) in [7, 11) is 0. The van der Waals surface area contributed by atoms with E-state index in [4.69, 9.17) is 21.4 Å². The molecule has 156 valence electrons. The summed E-state index contributed by atoms with van der Waals surface area (Å²) >= 11 is 6.20. The number of nitrogens with one attached hydrogen (secondary N) is 1. The molecule has 0 aliphatic carbocycles. The highest BCUT2D eigenvalue weighted by molar-refractivity contribution is 7.99. The maximum Gasteiger partial charge on any atom is 0.237 e. The molecule has 0 spiro atoms. The molecule has 1 N–H and O–H groups in total. The number of aryl methyl sites for hydroxylation is 1. The molecule has 30 heavy (non-hydrogen) atoms. The van der Waals surface area contributed by atoms with Crippen LogP contribution in [0.3, 0.4) is 0 Å². The molecule has 0 saturated heterocycles. The van der Waals surface area contributed by atoms with Crippen LogP contribution in [-0.2, 0) is 17.6 Å². The van der Waals surface area contributed by atoms with Crippen LogP contribution in [0.25, 0.3) is 11.5 Å². The number of carbonyl (C=O) groups is 1. The van der Waals surface area contributed by atoms with Gasteiger partial charge in [0.15, 0.2) is 0 Å². The minimum absolute atomic E-state index is 0.0734. The Morgan fingerprint density at radius 1 is 1.23 bits per heavy atom. The third-order valence-corrected chi connectivity index (χ3v) is 5.71. The summed E-state index contributed by atoms with van der Waals surface area (Å²) in [4.78, 5) is 16.6. The molecule has 0 fully saturated rings. The fraction of sp³-hybridized carbons (Fsp3) is 0.261. The predicted octanol–water partition coefficient (Wildman–Crippen LogP) is 4.62. The van der Waals surface area contributed by atoms with E-state index in [0.29, 0.717) is 25.3 Å². The number of carbonyl (C=O) groups excluding carboxylic acids is 1. The van der Waals surface area contributed by atoms with Crippen molar-refractivity contribution in [2.24, 2.45) is 0 Å². The zero-order chi connectivity index (χ0) is 21.3. The molecule has 3 aromatic rings. The summed E-state index contributed by atoms with van der Waals surface area (Å²) in [6.45, 7) is 2.43. The van der Waals surface area contributed by atoms with Gasteiger partial charge in [-0.05, 0) is 49.4 Å². The van der Waals surface area contributed by atoms with E-state index in [0.717, 1.165) is 28.3 Å². The van der Waals surface area contributed by atoms with E-state index in [1.165, 1.54) is 17.3 Å². The minimum atomic E-state index is -0.176. The van der Waals surface area contributed by atoms with Crippen LogP contribution < -0.4 is 10.1 Å². The largest absolute Gasteiger partial charge is 0.493 e. The number of amides is 1. The van der Waals surface area contributed by atoms with Gasteiger partial charge in [0.05, 0.1) is 23.0 Å². The molecule has 1 unspecified atom stereocenters. The summed E-state index contributed by atoms with van der Waals surface area (Å²) in [5.74, 6) is 2.15. The third-order valence-electron chi connectivity index (χ3n) is 4.64. The number of nitrogens with zero attached hydrogens (tertiary/aromatic N) is 1. The molecule has 0 radical (unpaired) electrons. The van der Waals surface area contributed by atoms with Crippen molar-refractivity contribution in [3.05, 3.63) is 71.6 Å². The molecule has 1 heterocycles. The third kappa shape index (κ3) is 5.93. The van der Waals surface area contributed by atoms with E-state index < -0.39 is 0 Å². The van der Waals surface area contributed by atoms with Gasteiger partial charge < -0.3 is 14.5 Å². The number of thioether (sulfide) groups is 1. The van der Waals surface area contributed by atoms with E-state index in [1.54, 1.807) is 0 Å². The lowest BCUT2D eigenvalue weighted by molar-refractivity contribution is -0.119.